The Balaban J connectivity index is 1.69. The molecule has 2 aromatic rings. The maximum atomic E-state index is 12.3. The van der Waals surface area contributed by atoms with Gasteiger partial charge in [0.15, 0.2) is 5.13 Å². The molecule has 1 aliphatic heterocycles. The minimum absolute atomic E-state index is 0.0996. The number of nitrogens with one attached hydrogen (secondary N) is 2. The molecule has 7 heteroatoms. The van der Waals surface area contributed by atoms with Crippen molar-refractivity contribution < 1.29 is 4.79 Å². The van der Waals surface area contributed by atoms with Gasteiger partial charge in [-0.05, 0) is 60.8 Å². The van der Waals surface area contributed by atoms with Crippen LogP contribution in [0.3, 0.4) is 0 Å². The Morgan fingerprint density at radius 2 is 2.19 bits per heavy atom. The molecule has 1 amide bonds. The summed E-state index contributed by atoms with van der Waals surface area (Å²) in [6.45, 7) is 4.11. The summed E-state index contributed by atoms with van der Waals surface area (Å²) < 4.78 is 0.868. The van der Waals surface area contributed by atoms with Gasteiger partial charge in [-0.25, -0.2) is 4.98 Å². The molecule has 0 aromatic carbocycles. The van der Waals surface area contributed by atoms with Crippen LogP contribution in [0.5, 0.6) is 0 Å². The van der Waals surface area contributed by atoms with Crippen LogP contribution in [0, 0.1) is 6.92 Å². The number of aromatic nitrogens is 1. The van der Waals surface area contributed by atoms with Gasteiger partial charge in [0.1, 0.15) is 0 Å². The van der Waals surface area contributed by atoms with E-state index in [1.807, 2.05) is 19.2 Å². The second kappa shape index (κ2) is 6.56. The normalized spacial score (nSPS) is 16.1. The quantitative estimate of drug-likeness (QED) is 0.839. The lowest BCUT2D eigenvalue weighted by Gasteiger charge is -2.20. The molecule has 1 saturated heterocycles. The van der Waals surface area contributed by atoms with E-state index in [0.717, 1.165) is 34.6 Å². The van der Waals surface area contributed by atoms with E-state index in [0.29, 0.717) is 16.6 Å². The van der Waals surface area contributed by atoms with Gasteiger partial charge in [-0.2, -0.15) is 0 Å². The highest BCUT2D eigenvalue weighted by molar-refractivity contribution is 9.11. The summed E-state index contributed by atoms with van der Waals surface area (Å²) >= 11 is 6.59. The molecule has 0 saturated carbocycles. The summed E-state index contributed by atoms with van der Waals surface area (Å²) in [5.41, 5.74) is 0.677. The molecule has 0 radical (unpaired) electrons. The molecule has 2 aromatic heterocycles. The predicted molar refractivity (Wildman–Crippen MR) is 91.7 cm³/mol. The van der Waals surface area contributed by atoms with Crippen molar-refractivity contribution in [3.63, 3.8) is 0 Å². The van der Waals surface area contributed by atoms with Crippen LogP contribution in [0.4, 0.5) is 5.13 Å². The van der Waals surface area contributed by atoms with Gasteiger partial charge in [0.25, 0.3) is 5.91 Å². The largest absolute Gasteiger partial charge is 0.317 e. The number of hydrogen-bond acceptors (Lipinski definition) is 5. The van der Waals surface area contributed by atoms with Crippen molar-refractivity contribution in [3.05, 3.63) is 31.4 Å². The average molecular weight is 386 g/mol. The Morgan fingerprint density at radius 1 is 1.43 bits per heavy atom. The Hall–Kier alpha value is -0.760. The summed E-state index contributed by atoms with van der Waals surface area (Å²) in [4.78, 5) is 19.0. The first kappa shape index (κ1) is 15.1. The lowest BCUT2D eigenvalue weighted by Crippen LogP contribution is -2.26. The van der Waals surface area contributed by atoms with Crippen molar-refractivity contribution in [1.82, 2.24) is 10.3 Å². The SMILES string of the molecule is Cc1cc(C(=O)Nc2ncc(C3CCNCC3)s2)c(Br)s1. The van der Waals surface area contributed by atoms with Crippen LogP contribution in [-0.4, -0.2) is 24.0 Å². The van der Waals surface area contributed by atoms with Crippen LogP contribution in [0.1, 0.15) is 38.9 Å². The van der Waals surface area contributed by atoms with Crippen molar-refractivity contribution in [2.75, 3.05) is 18.4 Å². The highest BCUT2D eigenvalue weighted by atomic mass is 79.9. The molecule has 0 bridgehead atoms. The van der Waals surface area contributed by atoms with Gasteiger partial charge in [0.2, 0.25) is 0 Å². The van der Waals surface area contributed by atoms with Gasteiger partial charge in [-0.1, -0.05) is 0 Å². The van der Waals surface area contributed by atoms with E-state index >= 15 is 0 Å². The number of rotatable bonds is 3. The Morgan fingerprint density at radius 3 is 2.86 bits per heavy atom. The van der Waals surface area contributed by atoms with Crippen LogP contribution in [0.25, 0.3) is 0 Å². The summed E-state index contributed by atoms with van der Waals surface area (Å²) in [6.07, 6.45) is 4.19. The third-order valence-electron chi connectivity index (χ3n) is 3.54. The predicted octanol–water partition coefficient (Wildman–Crippen LogP) is 3.99. The molecule has 1 fully saturated rings. The summed E-state index contributed by atoms with van der Waals surface area (Å²) in [6, 6.07) is 1.89. The lowest BCUT2D eigenvalue weighted by atomic mass is 9.97. The minimum atomic E-state index is -0.0996. The molecule has 0 atom stereocenters. The number of halogens is 1. The summed E-state index contributed by atoms with van der Waals surface area (Å²) in [5, 5.41) is 6.95. The molecular weight excluding hydrogens is 370 g/mol. The zero-order valence-corrected chi connectivity index (χ0v) is 14.8. The van der Waals surface area contributed by atoms with Gasteiger partial charge < -0.3 is 5.32 Å². The second-order valence-electron chi connectivity index (χ2n) is 5.09. The molecular formula is C14H16BrN3OS2. The molecule has 3 heterocycles. The van der Waals surface area contributed by atoms with Gasteiger partial charge in [0.05, 0.1) is 9.35 Å². The third-order valence-corrected chi connectivity index (χ3v) is 6.37. The Labute approximate surface area is 140 Å². The number of thiazole rings is 1. The Bertz CT molecular complexity index is 646. The molecule has 21 heavy (non-hydrogen) atoms. The zero-order chi connectivity index (χ0) is 14.8. The van der Waals surface area contributed by atoms with Crippen LogP contribution >= 0.6 is 38.6 Å². The summed E-state index contributed by atoms with van der Waals surface area (Å²) in [5.74, 6) is 0.474. The fourth-order valence-corrected chi connectivity index (χ4v) is 5.21. The van der Waals surface area contributed by atoms with Gasteiger partial charge in [-0.15, -0.1) is 22.7 Å². The molecule has 2 N–H and O–H groups in total. The van der Waals surface area contributed by atoms with E-state index in [-0.39, 0.29) is 5.91 Å². The fraction of sp³-hybridized carbons (Fsp3) is 0.429. The zero-order valence-electron chi connectivity index (χ0n) is 11.6. The van der Waals surface area contributed by atoms with Crippen molar-refractivity contribution in [3.8, 4) is 0 Å². The first-order chi connectivity index (χ1) is 10.1. The van der Waals surface area contributed by atoms with E-state index in [4.69, 9.17) is 0 Å². The van der Waals surface area contributed by atoms with E-state index in [1.165, 1.54) is 4.88 Å². The third kappa shape index (κ3) is 3.53. The fourth-order valence-electron chi connectivity index (χ4n) is 2.44. The number of carbonyl (C=O) groups excluding carboxylic acids is 1. The van der Waals surface area contributed by atoms with E-state index in [9.17, 15) is 4.79 Å². The van der Waals surface area contributed by atoms with Gasteiger partial charge in [0, 0.05) is 16.0 Å². The number of hydrogen-bond donors (Lipinski definition) is 2. The van der Waals surface area contributed by atoms with Crippen molar-refractivity contribution in [2.24, 2.45) is 0 Å². The number of carbonyl (C=O) groups is 1. The molecule has 3 rings (SSSR count). The molecule has 0 unspecified atom stereocenters. The topological polar surface area (TPSA) is 54.0 Å². The van der Waals surface area contributed by atoms with Crippen LogP contribution in [0.2, 0.25) is 0 Å². The number of piperidine rings is 1. The van der Waals surface area contributed by atoms with Crippen LogP contribution in [0.15, 0.2) is 16.0 Å². The molecule has 0 spiro atoms. The smallest absolute Gasteiger partial charge is 0.259 e. The van der Waals surface area contributed by atoms with Crippen molar-refractivity contribution in [2.45, 2.75) is 25.7 Å². The lowest BCUT2D eigenvalue weighted by molar-refractivity contribution is 0.102. The van der Waals surface area contributed by atoms with E-state index < -0.39 is 0 Å². The molecule has 0 aliphatic carbocycles. The Kier molecular flexibility index (Phi) is 4.73. The van der Waals surface area contributed by atoms with Crippen molar-refractivity contribution in [1.29, 1.82) is 0 Å². The van der Waals surface area contributed by atoms with Gasteiger partial charge in [-0.3, -0.25) is 10.1 Å². The minimum Gasteiger partial charge on any atom is -0.317 e. The maximum absolute atomic E-state index is 12.3. The van der Waals surface area contributed by atoms with Crippen molar-refractivity contribution >= 4 is 49.6 Å². The number of aryl methyl sites for hydroxylation is 1. The molecule has 112 valence electrons. The first-order valence-electron chi connectivity index (χ1n) is 6.87. The average Bonchev–Trinajstić information content (AvgIpc) is 3.06. The molecule has 4 nitrogen and oxygen atoms in total. The number of thiophene rings is 1. The van der Waals surface area contributed by atoms with E-state index in [2.05, 4.69) is 31.5 Å². The molecule has 1 aliphatic rings. The maximum Gasteiger partial charge on any atom is 0.259 e. The van der Waals surface area contributed by atoms with Crippen LogP contribution in [-0.2, 0) is 0 Å². The number of nitrogens with zero attached hydrogens (tertiary/aromatic N) is 1. The first-order valence-corrected chi connectivity index (χ1v) is 9.30. The van der Waals surface area contributed by atoms with E-state index in [1.54, 1.807) is 22.7 Å². The standard InChI is InChI=1S/C14H16BrN3OS2/c1-8-6-10(12(15)20-8)13(19)18-14-17-7-11(21-14)9-2-4-16-5-3-9/h6-7,9,16H,2-5H2,1H3,(H,17,18,19). The van der Waals surface area contributed by atoms with Crippen LogP contribution < -0.4 is 10.6 Å². The highest BCUT2D eigenvalue weighted by Gasteiger charge is 2.19. The van der Waals surface area contributed by atoms with Gasteiger partial charge >= 0.3 is 0 Å². The number of amides is 1. The number of anilines is 1. The highest BCUT2D eigenvalue weighted by Crippen LogP contribution is 2.33. The second-order valence-corrected chi connectivity index (χ2v) is 8.73. The summed E-state index contributed by atoms with van der Waals surface area (Å²) in [7, 11) is 0. The monoisotopic (exact) mass is 385 g/mol.